The summed E-state index contributed by atoms with van der Waals surface area (Å²) in [7, 11) is 0. The first-order chi connectivity index (χ1) is 6.69. The first-order valence-corrected chi connectivity index (χ1v) is 4.94. The van der Waals surface area contributed by atoms with Crippen molar-refractivity contribution in [2.24, 2.45) is 0 Å². The molecule has 0 saturated heterocycles. The van der Waals surface area contributed by atoms with E-state index in [0.29, 0.717) is 11.1 Å². The average Bonchev–Trinajstić information content (AvgIpc) is 2.48. The van der Waals surface area contributed by atoms with Crippen molar-refractivity contribution in [3.8, 4) is 0 Å². The molecule has 0 aliphatic heterocycles. The number of aromatic nitrogens is 2. The number of carbonyl (C=O) groups excluding carboxylic acids is 1. The average molecular weight is 265 g/mol. The highest BCUT2D eigenvalue weighted by Crippen LogP contribution is 2.15. The van der Waals surface area contributed by atoms with Crippen LogP contribution in [0.1, 0.15) is 17.4 Å². The van der Waals surface area contributed by atoms with Gasteiger partial charge in [0.15, 0.2) is 5.69 Å². The molecule has 4 nitrogen and oxygen atoms in total. The van der Waals surface area contributed by atoms with Crippen LogP contribution in [0, 0.1) is 0 Å². The Labute approximate surface area is 89.2 Å². The Morgan fingerprint density at radius 3 is 3.07 bits per heavy atom. The molecule has 0 fully saturated rings. The Morgan fingerprint density at radius 2 is 2.50 bits per heavy atom. The van der Waals surface area contributed by atoms with E-state index in [9.17, 15) is 9.18 Å². The van der Waals surface area contributed by atoms with E-state index in [0.717, 1.165) is 0 Å². The zero-order valence-electron chi connectivity index (χ0n) is 7.67. The molecule has 0 radical (unpaired) electrons. The van der Waals surface area contributed by atoms with Gasteiger partial charge in [0.05, 0.1) is 17.6 Å². The van der Waals surface area contributed by atoms with Crippen molar-refractivity contribution in [2.45, 2.75) is 13.5 Å². The fourth-order valence-corrected chi connectivity index (χ4v) is 1.41. The number of aryl methyl sites for hydroxylation is 1. The second-order valence-electron chi connectivity index (χ2n) is 2.50. The summed E-state index contributed by atoms with van der Waals surface area (Å²) >= 11 is 3.15. The molecule has 0 N–H and O–H groups in total. The third kappa shape index (κ3) is 2.54. The molecule has 1 rings (SSSR count). The molecule has 0 aliphatic rings. The smallest absolute Gasteiger partial charge is 0.360 e. The van der Waals surface area contributed by atoms with E-state index in [2.05, 4.69) is 21.0 Å². The molecule has 0 saturated carbocycles. The van der Waals surface area contributed by atoms with Crippen molar-refractivity contribution in [1.82, 2.24) is 9.78 Å². The predicted octanol–water partition coefficient (Wildman–Crippen LogP) is 1.79. The zero-order valence-corrected chi connectivity index (χ0v) is 9.25. The van der Waals surface area contributed by atoms with Crippen molar-refractivity contribution in [3.05, 3.63) is 16.4 Å². The standard InChI is InChI=1S/C8H10BrFN2O2/c1-2-14-8(13)7-6(9)5-12(11-7)4-3-10/h5H,2-4H2,1H3. The Kier molecular flexibility index (Phi) is 4.06. The number of alkyl halides is 1. The van der Waals surface area contributed by atoms with Crippen LogP contribution in [0.15, 0.2) is 10.7 Å². The molecule has 0 amide bonds. The van der Waals surface area contributed by atoms with Gasteiger partial charge in [-0.1, -0.05) is 0 Å². The zero-order chi connectivity index (χ0) is 10.6. The summed E-state index contributed by atoms with van der Waals surface area (Å²) in [6, 6.07) is 0. The number of rotatable bonds is 4. The van der Waals surface area contributed by atoms with Crippen LogP contribution in [0.4, 0.5) is 4.39 Å². The molecule has 1 aromatic rings. The summed E-state index contributed by atoms with van der Waals surface area (Å²) in [4.78, 5) is 11.3. The minimum atomic E-state index is -0.517. The van der Waals surface area contributed by atoms with Gasteiger partial charge in [-0.2, -0.15) is 5.10 Å². The van der Waals surface area contributed by atoms with Crippen molar-refractivity contribution < 1.29 is 13.9 Å². The number of ether oxygens (including phenoxy) is 1. The number of nitrogens with zero attached hydrogens (tertiary/aromatic N) is 2. The van der Waals surface area contributed by atoms with Gasteiger partial charge in [-0.05, 0) is 22.9 Å². The van der Waals surface area contributed by atoms with Crippen LogP contribution in [0.25, 0.3) is 0 Å². The van der Waals surface area contributed by atoms with E-state index in [-0.39, 0.29) is 12.2 Å². The van der Waals surface area contributed by atoms with Crippen LogP contribution in [0.2, 0.25) is 0 Å². The Bertz CT molecular complexity index is 327. The van der Waals surface area contributed by atoms with E-state index in [4.69, 9.17) is 4.74 Å². The highest BCUT2D eigenvalue weighted by atomic mass is 79.9. The van der Waals surface area contributed by atoms with Gasteiger partial charge in [0.25, 0.3) is 0 Å². The fraction of sp³-hybridized carbons (Fsp3) is 0.500. The molecule has 14 heavy (non-hydrogen) atoms. The van der Waals surface area contributed by atoms with E-state index < -0.39 is 12.6 Å². The first-order valence-electron chi connectivity index (χ1n) is 4.15. The molecule has 1 aromatic heterocycles. The lowest BCUT2D eigenvalue weighted by molar-refractivity contribution is 0.0517. The van der Waals surface area contributed by atoms with Crippen molar-refractivity contribution >= 4 is 21.9 Å². The maximum atomic E-state index is 12.0. The van der Waals surface area contributed by atoms with Gasteiger partial charge in [0.1, 0.15) is 6.67 Å². The van der Waals surface area contributed by atoms with Crippen LogP contribution < -0.4 is 0 Å². The van der Waals surface area contributed by atoms with Crippen LogP contribution in [-0.2, 0) is 11.3 Å². The van der Waals surface area contributed by atoms with Gasteiger partial charge in [-0.15, -0.1) is 0 Å². The lowest BCUT2D eigenvalue weighted by atomic mass is 10.4. The predicted molar refractivity (Wildman–Crippen MR) is 51.9 cm³/mol. The number of carbonyl (C=O) groups is 1. The van der Waals surface area contributed by atoms with Gasteiger partial charge in [-0.25, -0.2) is 9.18 Å². The number of esters is 1. The van der Waals surface area contributed by atoms with Crippen molar-refractivity contribution in [2.75, 3.05) is 13.3 Å². The fourth-order valence-electron chi connectivity index (χ4n) is 0.936. The Hall–Kier alpha value is -0.910. The second kappa shape index (κ2) is 5.09. The summed E-state index contributed by atoms with van der Waals surface area (Å²) < 4.78 is 18.6. The maximum Gasteiger partial charge on any atom is 0.360 e. The van der Waals surface area contributed by atoms with Crippen LogP contribution >= 0.6 is 15.9 Å². The summed E-state index contributed by atoms with van der Waals surface area (Å²) in [5.74, 6) is -0.503. The molecule has 1 heterocycles. The summed E-state index contributed by atoms with van der Waals surface area (Å²) in [6.45, 7) is 1.62. The van der Waals surface area contributed by atoms with Gasteiger partial charge < -0.3 is 4.74 Å². The normalized spacial score (nSPS) is 10.2. The van der Waals surface area contributed by atoms with Crippen LogP contribution in [0.3, 0.4) is 0 Å². The Morgan fingerprint density at radius 1 is 1.79 bits per heavy atom. The molecule has 0 unspecified atom stereocenters. The number of hydrogen-bond donors (Lipinski definition) is 0. The molecule has 6 heteroatoms. The Balaban J connectivity index is 2.81. The SMILES string of the molecule is CCOC(=O)c1nn(CCF)cc1Br. The van der Waals surface area contributed by atoms with Gasteiger partial charge >= 0.3 is 5.97 Å². The van der Waals surface area contributed by atoms with Gasteiger partial charge in [-0.3, -0.25) is 4.68 Å². The summed E-state index contributed by atoms with van der Waals surface area (Å²) in [5, 5.41) is 3.87. The molecule has 0 atom stereocenters. The lowest BCUT2D eigenvalue weighted by Crippen LogP contribution is -2.08. The summed E-state index contributed by atoms with van der Waals surface area (Å²) in [6.07, 6.45) is 1.55. The largest absolute Gasteiger partial charge is 0.461 e. The van der Waals surface area contributed by atoms with E-state index in [1.54, 1.807) is 13.1 Å². The molecular weight excluding hydrogens is 255 g/mol. The van der Waals surface area contributed by atoms with Crippen LogP contribution in [-0.4, -0.2) is 29.0 Å². The number of halogens is 2. The molecule has 0 aromatic carbocycles. The summed E-state index contributed by atoms with van der Waals surface area (Å²) in [5.41, 5.74) is 0.181. The van der Waals surface area contributed by atoms with Gasteiger partial charge in [0, 0.05) is 6.20 Å². The third-order valence-electron chi connectivity index (χ3n) is 1.50. The van der Waals surface area contributed by atoms with Crippen LogP contribution in [0.5, 0.6) is 0 Å². The van der Waals surface area contributed by atoms with E-state index >= 15 is 0 Å². The van der Waals surface area contributed by atoms with Crippen molar-refractivity contribution in [1.29, 1.82) is 0 Å². The maximum absolute atomic E-state index is 12.0. The molecular formula is C8H10BrFN2O2. The highest BCUT2D eigenvalue weighted by Gasteiger charge is 2.15. The minimum absolute atomic E-state index is 0.137. The lowest BCUT2D eigenvalue weighted by Gasteiger charge is -1.97. The monoisotopic (exact) mass is 264 g/mol. The van der Waals surface area contributed by atoms with Gasteiger partial charge in [0.2, 0.25) is 0 Å². The number of hydrogen-bond acceptors (Lipinski definition) is 3. The molecule has 0 aliphatic carbocycles. The molecule has 78 valence electrons. The van der Waals surface area contributed by atoms with E-state index in [1.165, 1.54) is 4.68 Å². The minimum Gasteiger partial charge on any atom is -0.461 e. The quantitative estimate of drug-likeness (QED) is 0.779. The first kappa shape index (κ1) is 11.2. The third-order valence-corrected chi connectivity index (χ3v) is 2.08. The molecule has 0 bridgehead atoms. The highest BCUT2D eigenvalue weighted by molar-refractivity contribution is 9.10. The molecule has 0 spiro atoms. The van der Waals surface area contributed by atoms with Crippen molar-refractivity contribution in [3.63, 3.8) is 0 Å². The second-order valence-corrected chi connectivity index (χ2v) is 3.35. The topological polar surface area (TPSA) is 44.1 Å². The van der Waals surface area contributed by atoms with E-state index in [1.807, 2.05) is 0 Å².